The number of hydrogen-bond acceptors (Lipinski definition) is 4. The van der Waals surface area contributed by atoms with Gasteiger partial charge in [-0.1, -0.05) is 0 Å². The van der Waals surface area contributed by atoms with E-state index < -0.39 is 5.91 Å². The maximum absolute atomic E-state index is 11.0. The number of aromatic nitrogens is 5. The highest BCUT2D eigenvalue weighted by atomic mass is 16.1. The van der Waals surface area contributed by atoms with Gasteiger partial charge in [-0.25, -0.2) is 9.50 Å². The first-order valence-electron chi connectivity index (χ1n) is 4.89. The molecule has 1 amide bonds. The Hall–Kier alpha value is -2.70. The van der Waals surface area contributed by atoms with Crippen molar-refractivity contribution in [3.8, 4) is 11.3 Å². The molecule has 0 bridgehead atoms. The molecule has 3 rings (SSSR count). The van der Waals surface area contributed by atoms with E-state index in [1.54, 1.807) is 29.2 Å². The van der Waals surface area contributed by atoms with Crippen molar-refractivity contribution in [1.29, 1.82) is 0 Å². The van der Waals surface area contributed by atoms with Crippen LogP contribution in [0.4, 0.5) is 0 Å². The Morgan fingerprint density at radius 1 is 1.47 bits per heavy atom. The number of H-pyrrole nitrogens is 1. The van der Waals surface area contributed by atoms with E-state index in [0.717, 1.165) is 11.3 Å². The third kappa shape index (κ3) is 1.53. The fourth-order valence-electron chi connectivity index (χ4n) is 1.55. The number of nitrogens with one attached hydrogen (secondary N) is 1. The molecule has 0 fully saturated rings. The molecule has 3 heterocycles. The van der Waals surface area contributed by atoms with Gasteiger partial charge in [-0.3, -0.25) is 9.89 Å². The molecule has 7 nitrogen and oxygen atoms in total. The van der Waals surface area contributed by atoms with E-state index in [4.69, 9.17) is 5.73 Å². The van der Waals surface area contributed by atoms with E-state index in [2.05, 4.69) is 20.3 Å². The second-order valence-electron chi connectivity index (χ2n) is 3.50. The fraction of sp³-hybridized carbons (Fsp3) is 0. The number of nitrogens with two attached hydrogens (primary N) is 1. The molecule has 3 aromatic heterocycles. The molecule has 0 unspecified atom stereocenters. The highest BCUT2D eigenvalue weighted by molar-refractivity contribution is 5.91. The van der Waals surface area contributed by atoms with Crippen LogP contribution in [-0.4, -0.2) is 30.7 Å². The van der Waals surface area contributed by atoms with Gasteiger partial charge < -0.3 is 5.73 Å². The molecule has 84 valence electrons. The predicted octanol–water partition coefficient (Wildman–Crippen LogP) is 0.218. The summed E-state index contributed by atoms with van der Waals surface area (Å²) in [6.45, 7) is 0. The Labute approximate surface area is 95.3 Å². The van der Waals surface area contributed by atoms with Crippen molar-refractivity contribution in [3.05, 3.63) is 36.4 Å². The summed E-state index contributed by atoms with van der Waals surface area (Å²) in [5.74, 6) is -0.557. The monoisotopic (exact) mass is 228 g/mol. The number of carbonyl (C=O) groups excluding carboxylic acids is 1. The van der Waals surface area contributed by atoms with Gasteiger partial charge in [-0.2, -0.15) is 10.2 Å². The third-order valence-electron chi connectivity index (χ3n) is 2.37. The van der Waals surface area contributed by atoms with Crippen LogP contribution in [0.3, 0.4) is 0 Å². The van der Waals surface area contributed by atoms with Crippen molar-refractivity contribution < 1.29 is 4.79 Å². The van der Waals surface area contributed by atoms with Gasteiger partial charge in [0.15, 0.2) is 5.65 Å². The number of hydrogen-bond donors (Lipinski definition) is 2. The Morgan fingerprint density at radius 3 is 3.06 bits per heavy atom. The lowest BCUT2D eigenvalue weighted by molar-refractivity contribution is 0.0995. The first-order chi connectivity index (χ1) is 8.24. The quantitative estimate of drug-likeness (QED) is 0.654. The van der Waals surface area contributed by atoms with E-state index in [1.165, 1.54) is 6.07 Å². The number of rotatable bonds is 2. The topological polar surface area (TPSA) is 102 Å². The van der Waals surface area contributed by atoms with Crippen molar-refractivity contribution >= 4 is 11.6 Å². The molecule has 0 spiro atoms. The van der Waals surface area contributed by atoms with Crippen molar-refractivity contribution in [2.75, 3.05) is 0 Å². The molecule has 0 saturated heterocycles. The molecular formula is C10H8N6O. The minimum absolute atomic E-state index is 0.219. The first kappa shape index (κ1) is 9.52. The highest BCUT2D eigenvalue weighted by Gasteiger charge is 2.08. The minimum Gasteiger partial charge on any atom is -0.364 e. The van der Waals surface area contributed by atoms with Crippen molar-refractivity contribution in [2.24, 2.45) is 5.73 Å². The molecule has 17 heavy (non-hydrogen) atoms. The number of aromatic amines is 1. The smallest absolute Gasteiger partial charge is 0.267 e. The average molecular weight is 228 g/mol. The molecule has 0 atom stereocenters. The molecule has 3 N–H and O–H groups in total. The average Bonchev–Trinajstić information content (AvgIpc) is 2.96. The van der Waals surface area contributed by atoms with Gasteiger partial charge in [-0.05, 0) is 6.07 Å². The van der Waals surface area contributed by atoms with E-state index in [-0.39, 0.29) is 5.69 Å². The number of carbonyl (C=O) groups is 1. The van der Waals surface area contributed by atoms with E-state index in [9.17, 15) is 4.79 Å². The lowest BCUT2D eigenvalue weighted by Gasteiger charge is -1.94. The van der Waals surface area contributed by atoms with Crippen LogP contribution < -0.4 is 5.73 Å². The fourth-order valence-corrected chi connectivity index (χ4v) is 1.55. The van der Waals surface area contributed by atoms with E-state index >= 15 is 0 Å². The lowest BCUT2D eigenvalue weighted by atomic mass is 10.3. The Balaban J connectivity index is 2.16. The molecule has 0 aliphatic carbocycles. The predicted molar refractivity (Wildman–Crippen MR) is 59.1 cm³/mol. The molecule has 0 aliphatic rings. The maximum Gasteiger partial charge on any atom is 0.267 e. The summed E-state index contributed by atoms with van der Waals surface area (Å²) in [5.41, 5.74) is 7.53. The van der Waals surface area contributed by atoms with Gasteiger partial charge in [0.2, 0.25) is 0 Å². The van der Waals surface area contributed by atoms with Crippen molar-refractivity contribution in [1.82, 2.24) is 24.8 Å². The van der Waals surface area contributed by atoms with Crippen LogP contribution in [0.15, 0.2) is 30.7 Å². The van der Waals surface area contributed by atoms with E-state index in [0.29, 0.717) is 5.65 Å². The van der Waals surface area contributed by atoms with Gasteiger partial charge in [0.1, 0.15) is 5.69 Å². The molecule has 7 heteroatoms. The largest absolute Gasteiger partial charge is 0.364 e. The van der Waals surface area contributed by atoms with Crippen LogP contribution in [0.1, 0.15) is 10.5 Å². The molecule has 3 aromatic rings. The number of nitrogens with zero attached hydrogens (tertiary/aromatic N) is 4. The SMILES string of the molecule is NC(=O)c1ccn2nc(-c3cn[nH]c3)cc2n1. The normalized spacial score (nSPS) is 10.8. The number of primary amides is 1. The summed E-state index contributed by atoms with van der Waals surface area (Å²) in [6, 6.07) is 3.29. The van der Waals surface area contributed by atoms with Crippen LogP contribution in [0.25, 0.3) is 16.9 Å². The van der Waals surface area contributed by atoms with Crippen molar-refractivity contribution in [3.63, 3.8) is 0 Å². The zero-order valence-electron chi connectivity index (χ0n) is 8.66. The molecule has 0 aliphatic heterocycles. The van der Waals surface area contributed by atoms with Gasteiger partial charge >= 0.3 is 0 Å². The summed E-state index contributed by atoms with van der Waals surface area (Å²) in [7, 11) is 0. The van der Waals surface area contributed by atoms with Gasteiger partial charge in [0.25, 0.3) is 5.91 Å². The zero-order chi connectivity index (χ0) is 11.8. The van der Waals surface area contributed by atoms with Crippen LogP contribution in [0, 0.1) is 0 Å². The number of amides is 1. The highest BCUT2D eigenvalue weighted by Crippen LogP contribution is 2.17. The summed E-state index contributed by atoms with van der Waals surface area (Å²) >= 11 is 0. The zero-order valence-corrected chi connectivity index (χ0v) is 8.66. The molecule has 0 aromatic carbocycles. The summed E-state index contributed by atoms with van der Waals surface area (Å²) in [5, 5.41) is 10.9. The first-order valence-corrected chi connectivity index (χ1v) is 4.89. The van der Waals surface area contributed by atoms with Gasteiger partial charge in [0, 0.05) is 24.0 Å². The second kappa shape index (κ2) is 3.41. The Bertz CT molecular complexity index is 684. The van der Waals surface area contributed by atoms with Crippen LogP contribution in [0.2, 0.25) is 0 Å². The van der Waals surface area contributed by atoms with Crippen LogP contribution >= 0.6 is 0 Å². The van der Waals surface area contributed by atoms with Crippen LogP contribution in [-0.2, 0) is 0 Å². The second-order valence-corrected chi connectivity index (χ2v) is 3.50. The molecule has 0 radical (unpaired) electrons. The van der Waals surface area contributed by atoms with Crippen molar-refractivity contribution in [2.45, 2.75) is 0 Å². The summed E-state index contributed by atoms with van der Waals surface area (Å²) < 4.78 is 1.58. The maximum atomic E-state index is 11.0. The van der Waals surface area contributed by atoms with Crippen LogP contribution in [0.5, 0.6) is 0 Å². The Kier molecular flexibility index (Phi) is 1.91. The molecule has 0 saturated carbocycles. The third-order valence-corrected chi connectivity index (χ3v) is 2.37. The lowest BCUT2D eigenvalue weighted by Crippen LogP contribution is -2.13. The van der Waals surface area contributed by atoms with Gasteiger partial charge in [-0.15, -0.1) is 0 Å². The van der Waals surface area contributed by atoms with E-state index in [1.807, 2.05) is 0 Å². The summed E-state index contributed by atoms with van der Waals surface area (Å²) in [6.07, 6.45) is 5.04. The number of fused-ring (bicyclic) bond motifs is 1. The summed E-state index contributed by atoms with van der Waals surface area (Å²) in [4.78, 5) is 15.1. The minimum atomic E-state index is -0.557. The standard InChI is InChI=1S/C10H8N6O/c11-10(17)7-1-2-16-9(14-7)3-8(15-16)6-4-12-13-5-6/h1-5H,(H2,11,17)(H,12,13). The van der Waals surface area contributed by atoms with Gasteiger partial charge in [0.05, 0.1) is 11.9 Å². The Morgan fingerprint density at radius 2 is 2.35 bits per heavy atom. The molecular weight excluding hydrogens is 220 g/mol.